The summed E-state index contributed by atoms with van der Waals surface area (Å²) in [6.07, 6.45) is 6.15. The molecule has 2 heterocycles. The molecule has 1 aromatic carbocycles. The lowest BCUT2D eigenvalue weighted by molar-refractivity contribution is 0.102. The maximum Gasteiger partial charge on any atom is 0.275 e. The van der Waals surface area contributed by atoms with Crippen LogP contribution in [0.15, 0.2) is 43.0 Å². The summed E-state index contributed by atoms with van der Waals surface area (Å²) in [5, 5.41) is 10.5. The quantitative estimate of drug-likeness (QED) is 0.711. The molecule has 0 unspecified atom stereocenters. The minimum absolute atomic E-state index is 0.280. The second-order valence-electron chi connectivity index (χ2n) is 3.72. The van der Waals surface area contributed by atoms with Crippen molar-refractivity contribution in [3.63, 3.8) is 0 Å². The van der Waals surface area contributed by atoms with Gasteiger partial charge in [0.2, 0.25) is 0 Å². The predicted octanol–water partition coefficient (Wildman–Crippen LogP) is 1.61. The van der Waals surface area contributed by atoms with Crippen LogP contribution < -0.4 is 5.32 Å². The Hall–Kier alpha value is -2.76. The highest BCUT2D eigenvalue weighted by Gasteiger charge is 2.07. The molecule has 0 radical (unpaired) electrons. The number of amides is 1. The molecular formula is C12H9N5O. The van der Waals surface area contributed by atoms with E-state index in [0.717, 1.165) is 10.9 Å². The van der Waals surface area contributed by atoms with E-state index in [1.807, 2.05) is 18.2 Å². The van der Waals surface area contributed by atoms with Crippen LogP contribution in [0.1, 0.15) is 10.5 Å². The van der Waals surface area contributed by atoms with Crippen molar-refractivity contribution in [1.82, 2.24) is 20.2 Å². The van der Waals surface area contributed by atoms with Crippen LogP contribution in [0.3, 0.4) is 0 Å². The summed E-state index contributed by atoms with van der Waals surface area (Å²) < 4.78 is 0. The van der Waals surface area contributed by atoms with Gasteiger partial charge in [0.15, 0.2) is 0 Å². The number of anilines is 1. The highest BCUT2D eigenvalue weighted by Crippen LogP contribution is 2.16. The molecule has 2 N–H and O–H groups in total. The molecule has 0 saturated carbocycles. The summed E-state index contributed by atoms with van der Waals surface area (Å²) in [5.74, 6) is -0.290. The molecule has 88 valence electrons. The highest BCUT2D eigenvalue weighted by molar-refractivity contribution is 6.03. The van der Waals surface area contributed by atoms with Crippen molar-refractivity contribution in [2.45, 2.75) is 0 Å². The summed E-state index contributed by atoms with van der Waals surface area (Å²) in [4.78, 5) is 19.6. The van der Waals surface area contributed by atoms with Crippen molar-refractivity contribution in [3.05, 3.63) is 48.7 Å². The molecule has 0 atom stereocenters. The first-order chi connectivity index (χ1) is 8.83. The molecule has 0 bridgehead atoms. The maximum atomic E-state index is 11.8. The van der Waals surface area contributed by atoms with E-state index in [4.69, 9.17) is 0 Å². The number of aromatic nitrogens is 4. The molecule has 0 aliphatic carbocycles. The van der Waals surface area contributed by atoms with Crippen molar-refractivity contribution < 1.29 is 4.79 Å². The molecule has 0 fully saturated rings. The molecule has 0 aliphatic rings. The van der Waals surface area contributed by atoms with Gasteiger partial charge in [-0.15, -0.1) is 0 Å². The third-order valence-corrected chi connectivity index (χ3v) is 2.50. The summed E-state index contributed by atoms with van der Waals surface area (Å²) in [6.45, 7) is 0. The van der Waals surface area contributed by atoms with Crippen molar-refractivity contribution in [2.75, 3.05) is 5.32 Å². The lowest BCUT2D eigenvalue weighted by Gasteiger charge is -2.03. The first kappa shape index (κ1) is 10.4. The second-order valence-corrected chi connectivity index (χ2v) is 3.72. The summed E-state index contributed by atoms with van der Waals surface area (Å²) in [5.41, 5.74) is 1.83. The van der Waals surface area contributed by atoms with Gasteiger partial charge in [-0.2, -0.15) is 5.10 Å². The van der Waals surface area contributed by atoms with Gasteiger partial charge in [-0.05, 0) is 18.2 Å². The number of hydrogen-bond acceptors (Lipinski definition) is 4. The Morgan fingerprint density at radius 3 is 3.00 bits per heavy atom. The average molecular weight is 239 g/mol. The Morgan fingerprint density at radius 1 is 1.22 bits per heavy atom. The number of benzene rings is 1. The number of H-pyrrole nitrogens is 1. The van der Waals surface area contributed by atoms with E-state index in [1.54, 1.807) is 6.20 Å². The standard InChI is InChI=1S/C12H9N5O/c18-12(11-7-13-3-4-14-11)16-9-2-1-8-6-15-17-10(8)5-9/h1-7H,(H,15,17)(H,16,18). The molecule has 3 rings (SSSR count). The SMILES string of the molecule is O=C(Nc1ccc2cn[nH]c2c1)c1cnccn1. The van der Waals surface area contributed by atoms with Crippen LogP contribution in [0.4, 0.5) is 5.69 Å². The third-order valence-electron chi connectivity index (χ3n) is 2.50. The first-order valence-corrected chi connectivity index (χ1v) is 5.33. The zero-order chi connectivity index (χ0) is 12.4. The molecule has 18 heavy (non-hydrogen) atoms. The summed E-state index contributed by atoms with van der Waals surface area (Å²) >= 11 is 0. The maximum absolute atomic E-state index is 11.8. The monoisotopic (exact) mass is 239 g/mol. The van der Waals surface area contributed by atoms with Crippen LogP contribution in [0.2, 0.25) is 0 Å². The number of rotatable bonds is 2. The summed E-state index contributed by atoms with van der Waals surface area (Å²) in [6, 6.07) is 5.51. The first-order valence-electron chi connectivity index (χ1n) is 5.33. The number of hydrogen-bond donors (Lipinski definition) is 2. The van der Waals surface area contributed by atoms with Crippen molar-refractivity contribution in [2.24, 2.45) is 0 Å². The number of aromatic amines is 1. The zero-order valence-corrected chi connectivity index (χ0v) is 9.29. The van der Waals surface area contributed by atoms with Crippen LogP contribution in [0.25, 0.3) is 10.9 Å². The van der Waals surface area contributed by atoms with Crippen molar-refractivity contribution >= 4 is 22.5 Å². The minimum Gasteiger partial charge on any atom is -0.321 e. The van der Waals surface area contributed by atoms with E-state index in [2.05, 4.69) is 25.5 Å². The largest absolute Gasteiger partial charge is 0.321 e. The second kappa shape index (κ2) is 4.25. The van der Waals surface area contributed by atoms with Gasteiger partial charge >= 0.3 is 0 Å². The van der Waals surface area contributed by atoms with E-state index in [-0.39, 0.29) is 11.6 Å². The van der Waals surface area contributed by atoms with E-state index >= 15 is 0 Å². The Kier molecular flexibility index (Phi) is 2.45. The lowest BCUT2D eigenvalue weighted by atomic mass is 10.2. The van der Waals surface area contributed by atoms with Gasteiger partial charge in [-0.1, -0.05) is 0 Å². The molecule has 6 nitrogen and oxygen atoms in total. The Bertz CT molecular complexity index is 692. The molecular weight excluding hydrogens is 230 g/mol. The van der Waals surface area contributed by atoms with E-state index < -0.39 is 0 Å². The third kappa shape index (κ3) is 1.91. The number of carbonyl (C=O) groups is 1. The van der Waals surface area contributed by atoms with Crippen LogP contribution in [0, 0.1) is 0 Å². The van der Waals surface area contributed by atoms with E-state index in [9.17, 15) is 4.79 Å². The molecule has 0 saturated heterocycles. The minimum atomic E-state index is -0.290. The van der Waals surface area contributed by atoms with Crippen molar-refractivity contribution in [1.29, 1.82) is 0 Å². The Labute approximate surface area is 102 Å². The molecule has 0 spiro atoms. The fraction of sp³-hybridized carbons (Fsp3) is 0. The van der Waals surface area contributed by atoms with Crippen LogP contribution in [-0.4, -0.2) is 26.1 Å². The number of fused-ring (bicyclic) bond motifs is 1. The van der Waals surface area contributed by atoms with Crippen LogP contribution in [-0.2, 0) is 0 Å². The molecule has 1 amide bonds. The van der Waals surface area contributed by atoms with E-state index in [1.165, 1.54) is 18.6 Å². The fourth-order valence-corrected chi connectivity index (χ4v) is 1.63. The van der Waals surface area contributed by atoms with Gasteiger partial charge in [0, 0.05) is 23.5 Å². The normalized spacial score (nSPS) is 10.4. The Balaban J connectivity index is 1.86. The zero-order valence-electron chi connectivity index (χ0n) is 9.29. The van der Waals surface area contributed by atoms with Gasteiger partial charge in [0.25, 0.3) is 5.91 Å². The fourth-order valence-electron chi connectivity index (χ4n) is 1.63. The van der Waals surface area contributed by atoms with E-state index in [0.29, 0.717) is 5.69 Å². The molecule has 2 aromatic heterocycles. The highest BCUT2D eigenvalue weighted by atomic mass is 16.1. The average Bonchev–Trinajstić information content (AvgIpc) is 2.87. The predicted molar refractivity (Wildman–Crippen MR) is 66.1 cm³/mol. The van der Waals surface area contributed by atoms with Crippen LogP contribution in [0.5, 0.6) is 0 Å². The smallest absolute Gasteiger partial charge is 0.275 e. The van der Waals surface area contributed by atoms with Gasteiger partial charge in [0.1, 0.15) is 5.69 Å². The molecule has 0 aliphatic heterocycles. The molecule has 6 heteroatoms. The van der Waals surface area contributed by atoms with Gasteiger partial charge in [-0.25, -0.2) is 4.98 Å². The number of carbonyl (C=O) groups excluding carboxylic acids is 1. The van der Waals surface area contributed by atoms with Crippen LogP contribution >= 0.6 is 0 Å². The van der Waals surface area contributed by atoms with Crippen molar-refractivity contribution in [3.8, 4) is 0 Å². The number of nitrogens with zero attached hydrogens (tertiary/aromatic N) is 3. The Morgan fingerprint density at radius 2 is 2.17 bits per heavy atom. The number of nitrogens with one attached hydrogen (secondary N) is 2. The topological polar surface area (TPSA) is 83.6 Å². The summed E-state index contributed by atoms with van der Waals surface area (Å²) in [7, 11) is 0. The lowest BCUT2D eigenvalue weighted by Crippen LogP contribution is -2.13. The van der Waals surface area contributed by atoms with Gasteiger partial charge < -0.3 is 5.32 Å². The molecule has 3 aromatic rings. The van der Waals surface area contributed by atoms with Gasteiger partial charge in [-0.3, -0.25) is 14.9 Å². The van der Waals surface area contributed by atoms with Gasteiger partial charge in [0.05, 0.1) is 17.9 Å².